The molecule has 0 N–H and O–H groups in total. The third kappa shape index (κ3) is 2.95. The summed E-state index contributed by atoms with van der Waals surface area (Å²) in [6.07, 6.45) is 3.28. The summed E-state index contributed by atoms with van der Waals surface area (Å²) in [5.74, 6) is -1.30. The molecule has 1 saturated heterocycles. The summed E-state index contributed by atoms with van der Waals surface area (Å²) in [7, 11) is 2.66. The highest BCUT2D eigenvalue weighted by molar-refractivity contribution is 6.30. The molecule has 0 bridgehead atoms. The van der Waals surface area contributed by atoms with Gasteiger partial charge in [0.25, 0.3) is 11.8 Å². The molecule has 0 aromatic carbocycles. The van der Waals surface area contributed by atoms with E-state index in [4.69, 9.17) is 5.26 Å². The van der Waals surface area contributed by atoms with Crippen LogP contribution in [0.15, 0.2) is 17.8 Å². The third-order valence-electron chi connectivity index (χ3n) is 3.97. The lowest BCUT2D eigenvalue weighted by molar-refractivity contribution is -0.134. The SMILES string of the molecule is CN1C(=O)C(=Cc2cc(C(C)(C)C)cn2CC#N)C(=O)N(C)C1=O. The van der Waals surface area contributed by atoms with Crippen LogP contribution in [-0.2, 0) is 21.5 Å². The van der Waals surface area contributed by atoms with Gasteiger partial charge in [-0.1, -0.05) is 20.8 Å². The maximum absolute atomic E-state index is 12.3. The topological polar surface area (TPSA) is 86.4 Å². The molecule has 0 unspecified atom stereocenters. The normalized spacial score (nSPS) is 15.8. The molecule has 1 aromatic heterocycles. The van der Waals surface area contributed by atoms with E-state index in [2.05, 4.69) is 6.07 Å². The van der Waals surface area contributed by atoms with Crippen molar-refractivity contribution < 1.29 is 14.4 Å². The quantitative estimate of drug-likeness (QED) is 0.611. The van der Waals surface area contributed by atoms with Crippen LogP contribution >= 0.6 is 0 Å². The summed E-state index contributed by atoms with van der Waals surface area (Å²) in [6.45, 7) is 6.20. The van der Waals surface area contributed by atoms with Gasteiger partial charge in [-0.25, -0.2) is 4.79 Å². The molecule has 0 aliphatic carbocycles. The molecular formula is C17H20N4O3. The van der Waals surface area contributed by atoms with Crippen LogP contribution in [0.3, 0.4) is 0 Å². The minimum atomic E-state index is -0.662. The number of rotatable bonds is 2. The van der Waals surface area contributed by atoms with Gasteiger partial charge in [0.2, 0.25) is 0 Å². The Morgan fingerprint density at radius 2 is 1.67 bits per heavy atom. The van der Waals surface area contributed by atoms with Crippen molar-refractivity contribution in [1.82, 2.24) is 14.4 Å². The van der Waals surface area contributed by atoms with Crippen LogP contribution in [0.25, 0.3) is 6.08 Å². The van der Waals surface area contributed by atoms with Gasteiger partial charge in [0.15, 0.2) is 0 Å². The van der Waals surface area contributed by atoms with E-state index in [9.17, 15) is 14.4 Å². The van der Waals surface area contributed by atoms with Crippen molar-refractivity contribution in [2.45, 2.75) is 32.7 Å². The van der Waals surface area contributed by atoms with Crippen molar-refractivity contribution in [3.63, 3.8) is 0 Å². The fourth-order valence-electron chi connectivity index (χ4n) is 2.39. The second-order valence-electron chi connectivity index (χ2n) is 6.76. The van der Waals surface area contributed by atoms with Crippen molar-refractivity contribution >= 4 is 23.9 Å². The number of carbonyl (C=O) groups is 3. The van der Waals surface area contributed by atoms with Crippen LogP contribution in [0.5, 0.6) is 0 Å². The minimum Gasteiger partial charge on any atom is -0.334 e. The Morgan fingerprint density at radius 3 is 2.12 bits per heavy atom. The van der Waals surface area contributed by atoms with Gasteiger partial charge in [0, 0.05) is 26.0 Å². The van der Waals surface area contributed by atoms with Crippen molar-refractivity contribution in [3.05, 3.63) is 29.1 Å². The molecule has 1 fully saturated rings. The Balaban J connectivity index is 2.55. The Kier molecular flexibility index (Phi) is 4.34. The fourth-order valence-corrected chi connectivity index (χ4v) is 2.39. The second-order valence-corrected chi connectivity index (χ2v) is 6.76. The average Bonchev–Trinajstić information content (AvgIpc) is 2.91. The number of nitrogens with zero attached hydrogens (tertiary/aromatic N) is 4. The van der Waals surface area contributed by atoms with Crippen molar-refractivity contribution in [3.8, 4) is 6.07 Å². The number of urea groups is 1. The van der Waals surface area contributed by atoms with Crippen molar-refractivity contribution in [2.75, 3.05) is 14.1 Å². The molecule has 126 valence electrons. The van der Waals surface area contributed by atoms with E-state index in [1.165, 1.54) is 20.2 Å². The summed E-state index contributed by atoms with van der Waals surface area (Å²) in [4.78, 5) is 38.1. The van der Waals surface area contributed by atoms with Crippen LogP contribution < -0.4 is 0 Å². The molecule has 1 aliphatic rings. The predicted molar refractivity (Wildman–Crippen MR) is 87.7 cm³/mol. The van der Waals surface area contributed by atoms with Gasteiger partial charge >= 0.3 is 6.03 Å². The van der Waals surface area contributed by atoms with E-state index < -0.39 is 17.8 Å². The summed E-state index contributed by atoms with van der Waals surface area (Å²) in [5.41, 5.74) is 1.32. The van der Waals surface area contributed by atoms with Crippen molar-refractivity contribution in [1.29, 1.82) is 5.26 Å². The highest BCUT2D eigenvalue weighted by Crippen LogP contribution is 2.26. The number of aromatic nitrogens is 1. The Morgan fingerprint density at radius 1 is 1.12 bits per heavy atom. The molecule has 2 heterocycles. The lowest BCUT2D eigenvalue weighted by Crippen LogP contribution is -2.52. The van der Waals surface area contributed by atoms with E-state index in [1.54, 1.807) is 4.57 Å². The van der Waals surface area contributed by atoms with Crippen LogP contribution in [0.4, 0.5) is 4.79 Å². The molecule has 24 heavy (non-hydrogen) atoms. The summed E-state index contributed by atoms with van der Waals surface area (Å²) in [6, 6.07) is 3.25. The minimum absolute atomic E-state index is 0.0994. The molecular weight excluding hydrogens is 308 g/mol. The van der Waals surface area contributed by atoms with Gasteiger partial charge in [-0.2, -0.15) is 5.26 Å². The number of nitriles is 1. The van der Waals surface area contributed by atoms with Gasteiger partial charge in [-0.15, -0.1) is 0 Å². The standard InChI is InChI=1S/C17H20N4O3/c1-17(2,3)11-8-12(21(10-11)7-6-18)9-13-14(22)19(4)16(24)20(5)15(13)23/h8-10H,7H2,1-5H3. The number of hydrogen-bond acceptors (Lipinski definition) is 4. The van der Waals surface area contributed by atoms with Crippen LogP contribution in [-0.4, -0.2) is 46.3 Å². The third-order valence-corrected chi connectivity index (χ3v) is 3.97. The largest absolute Gasteiger partial charge is 0.334 e. The molecule has 0 saturated carbocycles. The number of carbonyl (C=O) groups excluding carboxylic acids is 3. The molecule has 1 aliphatic heterocycles. The molecule has 0 atom stereocenters. The predicted octanol–water partition coefficient (Wildman–Crippen LogP) is 1.74. The number of barbiturate groups is 1. The van der Waals surface area contributed by atoms with Crippen LogP contribution in [0.1, 0.15) is 32.0 Å². The average molecular weight is 328 g/mol. The summed E-state index contributed by atoms with van der Waals surface area (Å²) in [5, 5.41) is 9.00. The highest BCUT2D eigenvalue weighted by Gasteiger charge is 2.38. The number of amides is 4. The zero-order chi connectivity index (χ0) is 18.2. The summed E-state index contributed by atoms with van der Waals surface area (Å²) < 4.78 is 1.69. The lowest BCUT2D eigenvalue weighted by atomic mass is 9.89. The maximum atomic E-state index is 12.3. The fraction of sp³-hybridized carbons (Fsp3) is 0.412. The first kappa shape index (κ1) is 17.5. The van der Waals surface area contributed by atoms with Gasteiger partial charge in [-0.3, -0.25) is 19.4 Å². The van der Waals surface area contributed by atoms with Gasteiger partial charge in [0.1, 0.15) is 12.1 Å². The molecule has 7 nitrogen and oxygen atoms in total. The molecule has 7 heteroatoms. The molecule has 2 rings (SSSR count). The summed E-state index contributed by atoms with van der Waals surface area (Å²) >= 11 is 0. The molecule has 1 aromatic rings. The van der Waals surface area contributed by atoms with Gasteiger partial charge in [0.05, 0.1) is 6.07 Å². The van der Waals surface area contributed by atoms with E-state index in [0.717, 1.165) is 15.4 Å². The van der Waals surface area contributed by atoms with E-state index in [1.807, 2.05) is 33.0 Å². The monoisotopic (exact) mass is 328 g/mol. The first-order valence-corrected chi connectivity index (χ1v) is 7.47. The smallest absolute Gasteiger partial charge is 0.333 e. The maximum Gasteiger partial charge on any atom is 0.333 e. The number of likely N-dealkylation sites (N-methyl/N-ethyl adjacent to an activating group) is 2. The zero-order valence-corrected chi connectivity index (χ0v) is 14.5. The Hall–Kier alpha value is -2.88. The number of imide groups is 2. The van der Waals surface area contributed by atoms with Crippen molar-refractivity contribution in [2.24, 2.45) is 0 Å². The Bertz CT molecular complexity index is 764. The number of hydrogen-bond donors (Lipinski definition) is 0. The highest BCUT2D eigenvalue weighted by atomic mass is 16.2. The second kappa shape index (κ2) is 5.96. The zero-order valence-electron chi connectivity index (χ0n) is 14.5. The molecule has 4 amide bonds. The van der Waals surface area contributed by atoms with Gasteiger partial charge in [-0.05, 0) is 23.1 Å². The molecule has 0 radical (unpaired) electrons. The molecule has 0 spiro atoms. The van der Waals surface area contributed by atoms with Crippen LogP contribution in [0, 0.1) is 11.3 Å². The van der Waals surface area contributed by atoms with E-state index in [0.29, 0.717) is 5.69 Å². The van der Waals surface area contributed by atoms with Gasteiger partial charge < -0.3 is 4.57 Å². The van der Waals surface area contributed by atoms with E-state index in [-0.39, 0.29) is 17.5 Å². The van der Waals surface area contributed by atoms with Crippen LogP contribution in [0.2, 0.25) is 0 Å². The first-order chi connectivity index (χ1) is 11.1. The Labute approximate surface area is 140 Å². The first-order valence-electron chi connectivity index (χ1n) is 7.47. The lowest BCUT2D eigenvalue weighted by Gasteiger charge is -2.28. The van der Waals surface area contributed by atoms with E-state index >= 15 is 0 Å².